The van der Waals surface area contributed by atoms with Crippen molar-refractivity contribution in [3.63, 3.8) is 0 Å². The first kappa shape index (κ1) is 13.7. The summed E-state index contributed by atoms with van der Waals surface area (Å²) in [6, 6.07) is 7.23. The number of hydrogen-bond donors (Lipinski definition) is 1. The van der Waals surface area contributed by atoms with Crippen molar-refractivity contribution in [2.24, 2.45) is 0 Å². The van der Waals surface area contributed by atoms with Gasteiger partial charge in [-0.1, -0.05) is 12.1 Å². The Balaban J connectivity index is 2.48. The van der Waals surface area contributed by atoms with Crippen LogP contribution < -0.4 is 5.32 Å². The highest BCUT2D eigenvalue weighted by molar-refractivity contribution is 5.89. The Morgan fingerprint density at radius 2 is 2.00 bits per heavy atom. The number of likely N-dealkylation sites (N-methyl/N-ethyl adjacent to an activating group) is 1. The first-order valence-corrected chi connectivity index (χ1v) is 5.60. The summed E-state index contributed by atoms with van der Waals surface area (Å²) in [7, 11) is 3.27. The highest BCUT2D eigenvalue weighted by Gasteiger charge is 2.05. The molecule has 0 heterocycles. The fraction of sp³-hybridized carbons (Fsp3) is 0.462. The van der Waals surface area contributed by atoms with Crippen LogP contribution in [0.2, 0.25) is 0 Å². The second-order valence-corrected chi connectivity index (χ2v) is 3.87. The number of methoxy groups -OCH3 is 1. The molecule has 0 radical (unpaired) electrons. The molecule has 0 amide bonds. The van der Waals surface area contributed by atoms with Crippen LogP contribution >= 0.6 is 0 Å². The van der Waals surface area contributed by atoms with Crippen molar-refractivity contribution in [2.75, 3.05) is 20.7 Å². The van der Waals surface area contributed by atoms with E-state index in [9.17, 15) is 4.79 Å². The zero-order valence-electron chi connectivity index (χ0n) is 10.5. The normalized spacial score (nSPS) is 12.2. The van der Waals surface area contributed by atoms with Crippen LogP contribution in [0.3, 0.4) is 0 Å². The molecule has 0 saturated carbocycles. The Morgan fingerprint density at radius 3 is 2.53 bits per heavy atom. The Morgan fingerprint density at radius 1 is 1.35 bits per heavy atom. The lowest BCUT2D eigenvalue weighted by atomic mass is 10.1. The van der Waals surface area contributed by atoms with Crippen molar-refractivity contribution in [3.05, 3.63) is 35.4 Å². The Hall–Kier alpha value is -1.39. The predicted molar refractivity (Wildman–Crippen MR) is 66.0 cm³/mol. The third-order valence-electron chi connectivity index (χ3n) is 2.40. The largest absolute Gasteiger partial charge is 0.465 e. The van der Waals surface area contributed by atoms with Crippen LogP contribution in [0, 0.1) is 0 Å². The fourth-order valence-corrected chi connectivity index (χ4v) is 1.44. The van der Waals surface area contributed by atoms with Gasteiger partial charge in [0.1, 0.15) is 0 Å². The average Bonchev–Trinajstić information content (AvgIpc) is 2.36. The van der Waals surface area contributed by atoms with Crippen LogP contribution in [-0.4, -0.2) is 32.8 Å². The number of nitrogens with one attached hydrogen (secondary N) is 1. The molecule has 1 aromatic rings. The summed E-state index contributed by atoms with van der Waals surface area (Å²) < 4.78 is 10.2. The minimum Gasteiger partial charge on any atom is -0.465 e. The Kier molecular flexibility index (Phi) is 5.66. The number of benzene rings is 1. The van der Waals surface area contributed by atoms with Gasteiger partial charge in [0, 0.05) is 6.54 Å². The molecule has 1 rings (SSSR count). The highest BCUT2D eigenvalue weighted by atomic mass is 16.5. The molecule has 1 unspecified atom stereocenters. The van der Waals surface area contributed by atoms with Gasteiger partial charge in [-0.3, -0.25) is 0 Å². The SMILES string of the molecule is CNCC(C)OCc1ccc(C(=O)OC)cc1. The number of esters is 1. The van der Waals surface area contributed by atoms with Gasteiger partial charge in [-0.05, 0) is 31.7 Å². The van der Waals surface area contributed by atoms with E-state index in [4.69, 9.17) is 4.74 Å². The van der Waals surface area contributed by atoms with Crippen LogP contribution in [0.5, 0.6) is 0 Å². The molecule has 1 atom stereocenters. The molecule has 0 saturated heterocycles. The van der Waals surface area contributed by atoms with Gasteiger partial charge in [-0.25, -0.2) is 4.79 Å². The van der Waals surface area contributed by atoms with Crippen LogP contribution in [0.1, 0.15) is 22.8 Å². The summed E-state index contributed by atoms with van der Waals surface area (Å²) >= 11 is 0. The van der Waals surface area contributed by atoms with E-state index in [1.54, 1.807) is 12.1 Å². The molecule has 1 N–H and O–H groups in total. The maximum Gasteiger partial charge on any atom is 0.337 e. The minimum absolute atomic E-state index is 0.167. The van der Waals surface area contributed by atoms with Crippen molar-refractivity contribution >= 4 is 5.97 Å². The van der Waals surface area contributed by atoms with E-state index in [0.29, 0.717) is 12.2 Å². The maximum atomic E-state index is 11.2. The molecule has 4 nitrogen and oxygen atoms in total. The number of carbonyl (C=O) groups excluding carboxylic acids is 1. The number of hydrogen-bond acceptors (Lipinski definition) is 4. The molecule has 0 aliphatic rings. The Bertz CT molecular complexity index is 348. The van der Waals surface area contributed by atoms with E-state index in [1.165, 1.54) is 7.11 Å². The zero-order chi connectivity index (χ0) is 12.7. The standard InChI is InChI=1S/C13H19NO3/c1-10(8-14-2)17-9-11-4-6-12(7-5-11)13(15)16-3/h4-7,10,14H,8-9H2,1-3H3. The van der Waals surface area contributed by atoms with Crippen molar-refractivity contribution in [1.82, 2.24) is 5.32 Å². The first-order chi connectivity index (χ1) is 8.17. The van der Waals surface area contributed by atoms with Gasteiger partial charge in [0.05, 0.1) is 25.4 Å². The summed E-state index contributed by atoms with van der Waals surface area (Å²) in [5.74, 6) is -0.319. The summed E-state index contributed by atoms with van der Waals surface area (Å²) in [6.45, 7) is 3.38. The summed E-state index contributed by atoms with van der Waals surface area (Å²) in [5, 5.41) is 3.05. The first-order valence-electron chi connectivity index (χ1n) is 5.60. The van der Waals surface area contributed by atoms with Gasteiger partial charge in [0.2, 0.25) is 0 Å². The third-order valence-corrected chi connectivity index (χ3v) is 2.40. The molecule has 0 spiro atoms. The third kappa shape index (κ3) is 4.54. The van der Waals surface area contributed by atoms with Crippen molar-refractivity contribution in [3.8, 4) is 0 Å². The second-order valence-electron chi connectivity index (χ2n) is 3.87. The number of rotatable bonds is 6. The summed E-state index contributed by atoms with van der Waals surface area (Å²) in [5.41, 5.74) is 1.60. The molecule has 0 bridgehead atoms. The van der Waals surface area contributed by atoms with Gasteiger partial charge in [-0.15, -0.1) is 0 Å². The minimum atomic E-state index is -0.319. The predicted octanol–water partition coefficient (Wildman–Crippen LogP) is 1.60. The lowest BCUT2D eigenvalue weighted by Gasteiger charge is -2.12. The van der Waals surface area contributed by atoms with E-state index in [2.05, 4.69) is 10.1 Å². The van der Waals surface area contributed by atoms with E-state index >= 15 is 0 Å². The lowest BCUT2D eigenvalue weighted by molar-refractivity contribution is 0.0542. The second kappa shape index (κ2) is 7.04. The van der Waals surface area contributed by atoms with Crippen molar-refractivity contribution < 1.29 is 14.3 Å². The topological polar surface area (TPSA) is 47.6 Å². The van der Waals surface area contributed by atoms with Crippen LogP contribution in [0.4, 0.5) is 0 Å². The van der Waals surface area contributed by atoms with Crippen LogP contribution in [0.15, 0.2) is 24.3 Å². The summed E-state index contributed by atoms with van der Waals surface area (Å²) in [6.07, 6.45) is 0.167. The lowest BCUT2D eigenvalue weighted by Crippen LogP contribution is -2.23. The van der Waals surface area contributed by atoms with E-state index < -0.39 is 0 Å². The number of carbonyl (C=O) groups is 1. The quantitative estimate of drug-likeness (QED) is 0.763. The molecule has 0 aliphatic heterocycles. The van der Waals surface area contributed by atoms with Gasteiger partial charge in [-0.2, -0.15) is 0 Å². The Labute approximate surface area is 102 Å². The maximum absolute atomic E-state index is 11.2. The molecular weight excluding hydrogens is 218 g/mol. The molecule has 0 aliphatic carbocycles. The van der Waals surface area contributed by atoms with Gasteiger partial charge < -0.3 is 14.8 Å². The molecular formula is C13H19NO3. The highest BCUT2D eigenvalue weighted by Crippen LogP contribution is 2.07. The molecule has 17 heavy (non-hydrogen) atoms. The smallest absolute Gasteiger partial charge is 0.337 e. The van der Waals surface area contributed by atoms with E-state index in [0.717, 1.165) is 12.1 Å². The van der Waals surface area contributed by atoms with Crippen molar-refractivity contribution in [2.45, 2.75) is 19.6 Å². The van der Waals surface area contributed by atoms with Crippen LogP contribution in [-0.2, 0) is 16.1 Å². The molecule has 94 valence electrons. The molecule has 4 heteroatoms. The summed E-state index contributed by atoms with van der Waals surface area (Å²) in [4.78, 5) is 11.2. The molecule has 1 aromatic carbocycles. The van der Waals surface area contributed by atoms with Gasteiger partial charge in [0.15, 0.2) is 0 Å². The van der Waals surface area contributed by atoms with Crippen molar-refractivity contribution in [1.29, 1.82) is 0 Å². The zero-order valence-corrected chi connectivity index (χ0v) is 10.5. The van der Waals surface area contributed by atoms with E-state index in [1.807, 2.05) is 26.1 Å². The molecule has 0 aromatic heterocycles. The number of ether oxygens (including phenoxy) is 2. The van der Waals surface area contributed by atoms with E-state index in [-0.39, 0.29) is 12.1 Å². The van der Waals surface area contributed by atoms with Crippen LogP contribution in [0.25, 0.3) is 0 Å². The average molecular weight is 237 g/mol. The monoisotopic (exact) mass is 237 g/mol. The molecule has 0 fully saturated rings. The van der Waals surface area contributed by atoms with Gasteiger partial charge in [0.25, 0.3) is 0 Å². The van der Waals surface area contributed by atoms with Gasteiger partial charge >= 0.3 is 5.97 Å². The fourth-order valence-electron chi connectivity index (χ4n) is 1.44.